The quantitative estimate of drug-likeness (QED) is 0.159. The SMILES string of the molecule is CC(C)=CCC/C(C)=C/CC/C(C)=C/CSC[C@H](NC(=O)CCCCCN1CCN(C)CC1)C(=O)N1CCCC1. The van der Waals surface area contributed by atoms with Crippen LogP contribution in [0.2, 0.25) is 0 Å². The Hall–Kier alpha value is -1.57. The van der Waals surface area contributed by atoms with E-state index in [0.717, 1.165) is 109 Å². The maximum Gasteiger partial charge on any atom is 0.246 e. The van der Waals surface area contributed by atoms with E-state index < -0.39 is 6.04 Å². The van der Waals surface area contributed by atoms with Crippen molar-refractivity contribution >= 4 is 23.6 Å². The average Bonchev–Trinajstić information content (AvgIpc) is 3.46. The fourth-order valence-electron chi connectivity index (χ4n) is 5.19. The number of carbonyl (C=O) groups excluding carboxylic acids is 2. The van der Waals surface area contributed by atoms with Gasteiger partial charge in [-0.3, -0.25) is 9.59 Å². The number of amides is 2. The summed E-state index contributed by atoms with van der Waals surface area (Å²) in [7, 11) is 2.18. The molecule has 0 spiro atoms. The third-order valence-electron chi connectivity index (χ3n) is 7.98. The Morgan fingerprint density at radius 1 is 0.800 bits per heavy atom. The van der Waals surface area contributed by atoms with Gasteiger partial charge in [0, 0.05) is 57.2 Å². The first-order chi connectivity index (χ1) is 19.2. The predicted octanol–water partition coefficient (Wildman–Crippen LogP) is 6.05. The summed E-state index contributed by atoms with van der Waals surface area (Å²) in [6.45, 7) is 16.1. The number of thioether (sulfide) groups is 1. The van der Waals surface area contributed by atoms with Crippen LogP contribution in [-0.2, 0) is 9.59 Å². The van der Waals surface area contributed by atoms with Crippen molar-refractivity contribution in [3.05, 3.63) is 34.9 Å². The first-order valence-electron chi connectivity index (χ1n) is 15.8. The van der Waals surface area contributed by atoms with E-state index in [4.69, 9.17) is 0 Å². The molecule has 0 aromatic heterocycles. The highest BCUT2D eigenvalue weighted by Gasteiger charge is 2.27. The van der Waals surface area contributed by atoms with E-state index in [1.807, 2.05) is 4.90 Å². The van der Waals surface area contributed by atoms with Gasteiger partial charge in [0.1, 0.15) is 6.04 Å². The van der Waals surface area contributed by atoms with Crippen LogP contribution in [0.5, 0.6) is 0 Å². The lowest BCUT2D eigenvalue weighted by Crippen LogP contribution is -2.49. The first kappa shape index (κ1) is 34.6. The second kappa shape index (κ2) is 20.3. The van der Waals surface area contributed by atoms with Crippen LogP contribution in [0.3, 0.4) is 0 Å². The summed E-state index contributed by atoms with van der Waals surface area (Å²) in [5, 5.41) is 3.10. The summed E-state index contributed by atoms with van der Waals surface area (Å²) in [5.41, 5.74) is 4.25. The summed E-state index contributed by atoms with van der Waals surface area (Å²) in [4.78, 5) is 32.8. The number of piperazine rings is 1. The van der Waals surface area contributed by atoms with Gasteiger partial charge in [-0.1, -0.05) is 41.4 Å². The molecule has 228 valence electrons. The zero-order chi connectivity index (χ0) is 29.2. The number of allylic oxidation sites excluding steroid dienone is 5. The van der Waals surface area contributed by atoms with Crippen molar-refractivity contribution in [2.24, 2.45) is 0 Å². The largest absolute Gasteiger partial charge is 0.344 e. The molecule has 2 heterocycles. The molecule has 0 saturated carbocycles. The smallest absolute Gasteiger partial charge is 0.246 e. The summed E-state index contributed by atoms with van der Waals surface area (Å²) in [6, 6.07) is -0.416. The van der Waals surface area contributed by atoms with Crippen LogP contribution in [-0.4, -0.2) is 96.9 Å². The van der Waals surface area contributed by atoms with Crippen molar-refractivity contribution in [2.75, 3.05) is 64.4 Å². The molecule has 2 amide bonds. The zero-order valence-electron chi connectivity index (χ0n) is 26.3. The van der Waals surface area contributed by atoms with Gasteiger partial charge in [-0.05, 0) is 92.7 Å². The van der Waals surface area contributed by atoms with Crippen molar-refractivity contribution in [1.29, 1.82) is 0 Å². The summed E-state index contributed by atoms with van der Waals surface area (Å²) in [5.74, 6) is 1.64. The highest BCUT2D eigenvalue weighted by atomic mass is 32.2. The highest BCUT2D eigenvalue weighted by Crippen LogP contribution is 2.15. The first-order valence-corrected chi connectivity index (χ1v) is 16.9. The molecule has 2 rings (SSSR count). The van der Waals surface area contributed by atoms with Crippen LogP contribution >= 0.6 is 11.8 Å². The number of nitrogens with one attached hydrogen (secondary N) is 1. The van der Waals surface area contributed by atoms with Crippen LogP contribution in [0.15, 0.2) is 34.9 Å². The molecule has 1 atom stereocenters. The van der Waals surface area contributed by atoms with Gasteiger partial charge < -0.3 is 20.0 Å². The van der Waals surface area contributed by atoms with E-state index in [1.165, 1.54) is 16.7 Å². The fraction of sp³-hybridized carbons (Fsp3) is 0.758. The molecule has 6 nitrogen and oxygen atoms in total. The summed E-state index contributed by atoms with van der Waals surface area (Å²) in [6.07, 6.45) is 17.1. The number of carbonyl (C=O) groups is 2. The molecule has 0 radical (unpaired) electrons. The molecular weight excluding hydrogens is 516 g/mol. The van der Waals surface area contributed by atoms with Gasteiger partial charge in [0.05, 0.1) is 0 Å². The standard InChI is InChI=1S/C33H58N4O2S/c1-28(2)13-11-14-29(3)15-12-16-30(4)18-26-40-27-31(33(39)37-20-9-10-21-37)34-32(38)17-7-6-8-19-36-24-22-35(5)23-25-36/h13,15,18,31H,6-12,14,16-17,19-27H2,1-5H3,(H,34,38)/b29-15+,30-18+/t31-/m0/s1. The molecule has 0 aliphatic carbocycles. The number of likely N-dealkylation sites (N-methyl/N-ethyl adjacent to an activating group) is 1. The number of rotatable bonds is 18. The van der Waals surface area contributed by atoms with Crippen LogP contribution in [0.4, 0.5) is 0 Å². The third-order valence-corrected chi connectivity index (χ3v) is 8.95. The van der Waals surface area contributed by atoms with Crippen molar-refractivity contribution in [3.8, 4) is 0 Å². The summed E-state index contributed by atoms with van der Waals surface area (Å²) >= 11 is 1.75. The number of hydrogen-bond donors (Lipinski definition) is 1. The van der Waals surface area contributed by atoms with Crippen LogP contribution < -0.4 is 5.32 Å². The van der Waals surface area contributed by atoms with Gasteiger partial charge in [-0.15, -0.1) is 0 Å². The Bertz CT molecular complexity index is 835. The normalized spacial score (nSPS) is 18.2. The molecule has 7 heteroatoms. The maximum atomic E-state index is 13.2. The molecule has 1 N–H and O–H groups in total. The Morgan fingerprint density at radius 3 is 2.12 bits per heavy atom. The molecule has 0 bridgehead atoms. The Morgan fingerprint density at radius 2 is 1.45 bits per heavy atom. The molecule has 0 aromatic rings. The fourth-order valence-corrected chi connectivity index (χ4v) is 6.19. The summed E-state index contributed by atoms with van der Waals surface area (Å²) < 4.78 is 0. The van der Waals surface area contributed by atoms with Crippen LogP contribution in [0.25, 0.3) is 0 Å². The van der Waals surface area contributed by atoms with E-state index in [2.05, 4.69) is 68.1 Å². The molecule has 0 unspecified atom stereocenters. The lowest BCUT2D eigenvalue weighted by atomic mass is 10.1. The van der Waals surface area contributed by atoms with Crippen molar-refractivity contribution in [3.63, 3.8) is 0 Å². The molecule has 2 saturated heterocycles. The van der Waals surface area contributed by atoms with Gasteiger partial charge >= 0.3 is 0 Å². The topological polar surface area (TPSA) is 55.9 Å². The Kier molecular flexibility index (Phi) is 17.6. The van der Waals surface area contributed by atoms with Gasteiger partial charge in [0.2, 0.25) is 11.8 Å². The molecule has 2 aliphatic heterocycles. The van der Waals surface area contributed by atoms with Crippen molar-refractivity contribution in [2.45, 2.75) is 97.9 Å². The van der Waals surface area contributed by atoms with Gasteiger partial charge in [0.25, 0.3) is 0 Å². The zero-order valence-corrected chi connectivity index (χ0v) is 27.1. The monoisotopic (exact) mass is 574 g/mol. The highest BCUT2D eigenvalue weighted by molar-refractivity contribution is 7.99. The van der Waals surface area contributed by atoms with E-state index >= 15 is 0 Å². The Balaban J connectivity index is 1.69. The minimum absolute atomic E-state index is 0.0243. The van der Waals surface area contributed by atoms with Crippen LogP contribution in [0.1, 0.15) is 91.9 Å². The minimum Gasteiger partial charge on any atom is -0.344 e. The second-order valence-electron chi connectivity index (χ2n) is 12.1. The second-order valence-corrected chi connectivity index (χ2v) is 13.2. The number of unbranched alkanes of at least 4 members (excludes halogenated alkanes) is 2. The number of hydrogen-bond acceptors (Lipinski definition) is 5. The molecule has 40 heavy (non-hydrogen) atoms. The van der Waals surface area contributed by atoms with Crippen LogP contribution in [0, 0.1) is 0 Å². The van der Waals surface area contributed by atoms with Gasteiger partial charge in [-0.25, -0.2) is 0 Å². The van der Waals surface area contributed by atoms with E-state index in [1.54, 1.807) is 11.8 Å². The lowest BCUT2D eigenvalue weighted by Gasteiger charge is -2.32. The van der Waals surface area contributed by atoms with Crippen molar-refractivity contribution in [1.82, 2.24) is 20.0 Å². The van der Waals surface area contributed by atoms with E-state index in [0.29, 0.717) is 12.2 Å². The lowest BCUT2D eigenvalue weighted by molar-refractivity contribution is -0.135. The van der Waals surface area contributed by atoms with Gasteiger partial charge in [0.15, 0.2) is 0 Å². The number of nitrogens with zero attached hydrogens (tertiary/aromatic N) is 3. The molecule has 2 fully saturated rings. The number of likely N-dealkylation sites (tertiary alicyclic amines) is 1. The van der Waals surface area contributed by atoms with E-state index in [9.17, 15) is 9.59 Å². The van der Waals surface area contributed by atoms with E-state index in [-0.39, 0.29) is 11.8 Å². The van der Waals surface area contributed by atoms with Gasteiger partial charge in [-0.2, -0.15) is 11.8 Å². The predicted molar refractivity (Wildman–Crippen MR) is 173 cm³/mol. The average molecular weight is 575 g/mol. The van der Waals surface area contributed by atoms with Crippen molar-refractivity contribution < 1.29 is 9.59 Å². The minimum atomic E-state index is -0.416. The molecule has 0 aromatic carbocycles. The molecular formula is C33H58N4O2S. The third kappa shape index (κ3) is 15.4. The Labute approximate surface area is 250 Å². The molecule has 2 aliphatic rings. The maximum absolute atomic E-state index is 13.2.